The number of methoxy groups -OCH3 is 1. The molecule has 0 fully saturated rings. The molecule has 1 aromatic heterocycles. The minimum Gasteiger partial charge on any atom is -0.497 e. The molecule has 8 nitrogen and oxygen atoms in total. The largest absolute Gasteiger partial charge is 0.497 e. The van der Waals surface area contributed by atoms with Crippen LogP contribution in [-0.2, 0) is 11.0 Å². The fourth-order valence-corrected chi connectivity index (χ4v) is 4.27. The summed E-state index contributed by atoms with van der Waals surface area (Å²) in [5.41, 5.74) is 0.747. The Kier molecular flexibility index (Phi) is 7.83. The topological polar surface area (TPSA) is 103 Å². The van der Waals surface area contributed by atoms with Gasteiger partial charge in [-0.3, -0.25) is 9.59 Å². The highest BCUT2D eigenvalue weighted by molar-refractivity contribution is 5.94. The SMILES string of the molecule is COc1ccc2cc(-c3nn(-c4cccc(C(F)(F)F)c4)cc3Oc3ccc(C(=O)NCCC(=O)O)cc3)ccc2c1. The van der Waals surface area contributed by atoms with E-state index in [1.165, 1.54) is 35.1 Å². The summed E-state index contributed by atoms with van der Waals surface area (Å²) in [7, 11) is 1.58. The molecular formula is C31H24F3N3O5. The number of alkyl halides is 3. The predicted molar refractivity (Wildman–Crippen MR) is 149 cm³/mol. The number of nitrogens with one attached hydrogen (secondary N) is 1. The molecule has 0 aliphatic heterocycles. The van der Waals surface area contributed by atoms with Crippen molar-refractivity contribution in [1.29, 1.82) is 0 Å². The minimum atomic E-state index is -4.52. The summed E-state index contributed by atoms with van der Waals surface area (Å²) in [6.07, 6.45) is -3.23. The van der Waals surface area contributed by atoms with E-state index in [1.807, 2.05) is 36.4 Å². The standard InChI is InChI=1S/C31H24F3N3O5/c1-41-26-12-9-20-15-22(6-5-21(20)16-26)29-27(18-37(36-29)24-4-2-3-23(17-24)31(32,33)34)42-25-10-7-19(8-11-25)30(40)35-14-13-28(38)39/h2-12,15-18H,13-14H2,1H3,(H,35,40)(H,38,39). The number of fused-ring (bicyclic) bond motifs is 1. The Morgan fingerprint density at radius 2 is 1.64 bits per heavy atom. The van der Waals surface area contributed by atoms with E-state index in [2.05, 4.69) is 10.4 Å². The van der Waals surface area contributed by atoms with Crippen molar-refractivity contribution in [2.75, 3.05) is 13.7 Å². The molecule has 0 aliphatic rings. The molecule has 5 rings (SSSR count). The van der Waals surface area contributed by atoms with Crippen LogP contribution in [0.1, 0.15) is 22.3 Å². The second-order valence-electron chi connectivity index (χ2n) is 9.29. The van der Waals surface area contributed by atoms with Gasteiger partial charge in [-0.15, -0.1) is 0 Å². The summed E-state index contributed by atoms with van der Waals surface area (Å²) < 4.78 is 52.9. The highest BCUT2D eigenvalue weighted by atomic mass is 19.4. The molecule has 2 N–H and O–H groups in total. The number of amides is 1. The number of hydrogen-bond acceptors (Lipinski definition) is 5. The van der Waals surface area contributed by atoms with Gasteiger partial charge in [-0.2, -0.15) is 18.3 Å². The number of aromatic nitrogens is 2. The number of halogens is 3. The molecular weight excluding hydrogens is 551 g/mol. The van der Waals surface area contributed by atoms with E-state index in [0.717, 1.165) is 22.9 Å². The summed E-state index contributed by atoms with van der Waals surface area (Å²) in [5, 5.41) is 17.7. The number of benzene rings is 4. The number of carboxylic acids is 1. The first-order valence-corrected chi connectivity index (χ1v) is 12.7. The lowest BCUT2D eigenvalue weighted by molar-refractivity contribution is -0.138. The number of carboxylic acid groups (broad SMARTS) is 1. The summed E-state index contributed by atoms with van der Waals surface area (Å²) >= 11 is 0. The van der Waals surface area contributed by atoms with Gasteiger partial charge in [0.1, 0.15) is 17.2 Å². The van der Waals surface area contributed by atoms with Crippen LogP contribution in [0.25, 0.3) is 27.7 Å². The Labute approximate surface area is 237 Å². The highest BCUT2D eigenvalue weighted by Crippen LogP contribution is 2.36. The molecule has 1 amide bonds. The van der Waals surface area contributed by atoms with Crippen molar-refractivity contribution in [3.05, 3.63) is 102 Å². The molecule has 0 unspecified atom stereocenters. The van der Waals surface area contributed by atoms with E-state index in [1.54, 1.807) is 19.2 Å². The smallest absolute Gasteiger partial charge is 0.416 e. The maximum absolute atomic E-state index is 13.4. The molecule has 42 heavy (non-hydrogen) atoms. The monoisotopic (exact) mass is 575 g/mol. The lowest BCUT2D eigenvalue weighted by atomic mass is 10.0. The summed E-state index contributed by atoms with van der Waals surface area (Å²) in [6, 6.07) is 22.2. The Morgan fingerprint density at radius 3 is 2.36 bits per heavy atom. The van der Waals surface area contributed by atoms with Crippen molar-refractivity contribution < 1.29 is 37.3 Å². The molecule has 0 atom stereocenters. The van der Waals surface area contributed by atoms with Gasteiger partial charge in [0.15, 0.2) is 5.75 Å². The Bertz CT molecular complexity index is 1760. The van der Waals surface area contributed by atoms with Gasteiger partial charge in [0.05, 0.1) is 31.0 Å². The van der Waals surface area contributed by atoms with E-state index in [0.29, 0.717) is 28.3 Å². The van der Waals surface area contributed by atoms with E-state index >= 15 is 0 Å². The van der Waals surface area contributed by atoms with Gasteiger partial charge in [0.25, 0.3) is 5.91 Å². The molecule has 214 valence electrons. The zero-order valence-electron chi connectivity index (χ0n) is 22.2. The third-order valence-corrected chi connectivity index (χ3v) is 6.41. The first kappa shape index (κ1) is 28.2. The molecule has 0 saturated carbocycles. The predicted octanol–water partition coefficient (Wildman–Crippen LogP) is 6.72. The minimum absolute atomic E-state index is 0.0109. The molecule has 4 aromatic carbocycles. The van der Waals surface area contributed by atoms with Gasteiger partial charge in [0, 0.05) is 17.7 Å². The number of rotatable bonds is 9. The Hall–Kier alpha value is -5.32. The molecule has 0 bridgehead atoms. The Balaban J connectivity index is 1.49. The van der Waals surface area contributed by atoms with Crippen molar-refractivity contribution in [2.45, 2.75) is 12.6 Å². The van der Waals surface area contributed by atoms with Crippen LogP contribution in [0.4, 0.5) is 13.2 Å². The van der Waals surface area contributed by atoms with E-state index in [4.69, 9.17) is 14.6 Å². The fraction of sp³-hybridized carbons (Fsp3) is 0.129. The first-order valence-electron chi connectivity index (χ1n) is 12.7. The van der Waals surface area contributed by atoms with Gasteiger partial charge in [0.2, 0.25) is 0 Å². The van der Waals surface area contributed by atoms with Crippen LogP contribution in [0.3, 0.4) is 0 Å². The van der Waals surface area contributed by atoms with E-state index < -0.39 is 23.6 Å². The van der Waals surface area contributed by atoms with Gasteiger partial charge < -0.3 is 19.9 Å². The average Bonchev–Trinajstić information content (AvgIpc) is 3.40. The number of hydrogen-bond donors (Lipinski definition) is 2. The van der Waals surface area contributed by atoms with Crippen LogP contribution in [0.5, 0.6) is 17.2 Å². The van der Waals surface area contributed by atoms with Gasteiger partial charge >= 0.3 is 12.1 Å². The van der Waals surface area contributed by atoms with Crippen LogP contribution in [0.2, 0.25) is 0 Å². The van der Waals surface area contributed by atoms with Crippen LogP contribution in [-0.4, -0.2) is 40.4 Å². The van der Waals surface area contributed by atoms with Crippen LogP contribution < -0.4 is 14.8 Å². The number of carbonyl (C=O) groups excluding carboxylic acids is 1. The molecule has 0 saturated heterocycles. The van der Waals surface area contributed by atoms with E-state index in [-0.39, 0.29) is 24.4 Å². The highest BCUT2D eigenvalue weighted by Gasteiger charge is 2.30. The summed E-state index contributed by atoms with van der Waals surface area (Å²) in [5.74, 6) is -0.126. The lowest BCUT2D eigenvalue weighted by Gasteiger charge is -2.08. The normalized spacial score (nSPS) is 11.3. The number of ether oxygens (including phenoxy) is 2. The Morgan fingerprint density at radius 1 is 0.929 bits per heavy atom. The summed E-state index contributed by atoms with van der Waals surface area (Å²) in [6.45, 7) is -0.0109. The van der Waals surface area contributed by atoms with Gasteiger partial charge in [-0.1, -0.05) is 24.3 Å². The van der Waals surface area contributed by atoms with Crippen molar-refractivity contribution in [2.24, 2.45) is 0 Å². The van der Waals surface area contributed by atoms with Crippen molar-refractivity contribution in [1.82, 2.24) is 15.1 Å². The van der Waals surface area contributed by atoms with Gasteiger partial charge in [-0.05, 0) is 71.4 Å². The zero-order valence-corrected chi connectivity index (χ0v) is 22.2. The van der Waals surface area contributed by atoms with Crippen LogP contribution in [0.15, 0.2) is 91.1 Å². The van der Waals surface area contributed by atoms with Crippen LogP contribution in [0, 0.1) is 0 Å². The number of aliphatic carboxylic acids is 1. The second-order valence-corrected chi connectivity index (χ2v) is 9.29. The molecule has 0 radical (unpaired) electrons. The lowest BCUT2D eigenvalue weighted by Crippen LogP contribution is -2.25. The third kappa shape index (κ3) is 6.35. The molecule has 1 heterocycles. The fourth-order valence-electron chi connectivity index (χ4n) is 4.27. The van der Waals surface area contributed by atoms with Crippen molar-refractivity contribution in [3.8, 4) is 34.2 Å². The maximum atomic E-state index is 13.4. The quantitative estimate of drug-likeness (QED) is 0.202. The molecule has 11 heteroatoms. The third-order valence-electron chi connectivity index (χ3n) is 6.41. The van der Waals surface area contributed by atoms with Crippen LogP contribution >= 0.6 is 0 Å². The first-order chi connectivity index (χ1) is 20.1. The zero-order chi connectivity index (χ0) is 29.9. The number of nitrogens with zero attached hydrogens (tertiary/aromatic N) is 2. The second kappa shape index (κ2) is 11.7. The van der Waals surface area contributed by atoms with Crippen molar-refractivity contribution in [3.63, 3.8) is 0 Å². The molecule has 0 spiro atoms. The summed E-state index contributed by atoms with van der Waals surface area (Å²) in [4.78, 5) is 23.0. The van der Waals surface area contributed by atoms with E-state index in [9.17, 15) is 22.8 Å². The van der Waals surface area contributed by atoms with Gasteiger partial charge in [-0.25, -0.2) is 4.68 Å². The average molecular weight is 576 g/mol. The van der Waals surface area contributed by atoms with Crippen molar-refractivity contribution >= 4 is 22.6 Å². The molecule has 0 aliphatic carbocycles. The number of carbonyl (C=O) groups is 2. The maximum Gasteiger partial charge on any atom is 0.416 e. The molecule has 5 aromatic rings.